The topological polar surface area (TPSA) is 83.7 Å². The smallest absolute Gasteiger partial charge is 0.303 e. The molecule has 0 bridgehead atoms. The summed E-state index contributed by atoms with van der Waals surface area (Å²) in [6, 6.07) is 2.33. The number of rotatable bonds is 4. The van der Waals surface area contributed by atoms with Crippen molar-refractivity contribution in [2.24, 2.45) is 5.92 Å². The Balaban J connectivity index is 2.19. The molecule has 2 rings (SSSR count). The number of carboxylic acid groups (broad SMARTS) is 1. The molecule has 1 aliphatic rings. The minimum absolute atomic E-state index is 0.0249. The fourth-order valence-electron chi connectivity index (χ4n) is 2.07. The van der Waals surface area contributed by atoms with Crippen LogP contribution in [0.15, 0.2) is 12.1 Å². The summed E-state index contributed by atoms with van der Waals surface area (Å²) in [4.78, 5) is 22.6. The first-order valence-electron chi connectivity index (χ1n) is 5.48. The van der Waals surface area contributed by atoms with Gasteiger partial charge in [-0.15, -0.1) is 0 Å². The Labute approximate surface area is 121 Å². The largest absolute Gasteiger partial charge is 0.481 e. The van der Waals surface area contributed by atoms with Gasteiger partial charge in [0.05, 0.1) is 14.9 Å². The number of nitro benzene ring substituents is 1. The predicted molar refractivity (Wildman–Crippen MR) is 73.7 cm³/mol. The maximum absolute atomic E-state index is 13.5. The van der Waals surface area contributed by atoms with Crippen LogP contribution in [0.5, 0.6) is 0 Å². The van der Waals surface area contributed by atoms with E-state index in [1.165, 1.54) is 6.07 Å². The Kier molecular flexibility index (Phi) is 3.88. The van der Waals surface area contributed by atoms with E-state index in [1.807, 2.05) is 0 Å². The van der Waals surface area contributed by atoms with Crippen LogP contribution < -0.4 is 4.90 Å². The first-order valence-corrected chi connectivity index (χ1v) is 6.56. The maximum Gasteiger partial charge on any atom is 0.303 e. The molecule has 0 radical (unpaired) electrons. The van der Waals surface area contributed by atoms with Gasteiger partial charge >= 0.3 is 5.97 Å². The van der Waals surface area contributed by atoms with Gasteiger partial charge in [-0.05, 0) is 22.6 Å². The third kappa shape index (κ3) is 2.94. The first-order chi connectivity index (χ1) is 8.88. The highest BCUT2D eigenvalue weighted by Crippen LogP contribution is 2.36. The van der Waals surface area contributed by atoms with Crippen LogP contribution in [0.25, 0.3) is 0 Å². The molecular formula is C11H10FIN2O4. The summed E-state index contributed by atoms with van der Waals surface area (Å²) in [7, 11) is 0. The van der Waals surface area contributed by atoms with Crippen molar-refractivity contribution in [1.82, 2.24) is 0 Å². The Bertz CT molecular complexity index is 546. The van der Waals surface area contributed by atoms with Crippen LogP contribution in [-0.4, -0.2) is 29.1 Å². The van der Waals surface area contributed by atoms with Crippen molar-refractivity contribution in [3.05, 3.63) is 31.6 Å². The van der Waals surface area contributed by atoms with Crippen LogP contribution in [0.1, 0.15) is 6.42 Å². The number of aliphatic carboxylic acids is 1. The molecule has 1 aromatic carbocycles. The van der Waals surface area contributed by atoms with Crippen molar-refractivity contribution in [2.45, 2.75) is 6.42 Å². The first kappa shape index (κ1) is 14.0. The van der Waals surface area contributed by atoms with Gasteiger partial charge < -0.3 is 10.0 Å². The zero-order valence-corrected chi connectivity index (χ0v) is 11.8. The summed E-state index contributed by atoms with van der Waals surface area (Å²) in [5.41, 5.74) is 0.0594. The SMILES string of the molecule is O=C(O)CC1CN(c2cc(F)c(I)cc2[N+](=O)[O-])C1. The molecule has 1 aromatic rings. The van der Waals surface area contributed by atoms with Crippen LogP contribution in [-0.2, 0) is 4.79 Å². The summed E-state index contributed by atoms with van der Waals surface area (Å²) in [5, 5.41) is 19.6. The molecule has 1 heterocycles. The van der Waals surface area contributed by atoms with E-state index in [1.54, 1.807) is 27.5 Å². The average Bonchev–Trinajstić information content (AvgIpc) is 2.25. The molecule has 6 nitrogen and oxygen atoms in total. The van der Waals surface area contributed by atoms with Gasteiger partial charge in [-0.1, -0.05) is 0 Å². The Hall–Kier alpha value is -1.45. The van der Waals surface area contributed by atoms with E-state index in [9.17, 15) is 19.3 Å². The molecule has 1 aliphatic heterocycles. The van der Waals surface area contributed by atoms with E-state index in [0.29, 0.717) is 13.1 Å². The average molecular weight is 380 g/mol. The Morgan fingerprint density at radius 1 is 1.58 bits per heavy atom. The van der Waals surface area contributed by atoms with Crippen molar-refractivity contribution >= 4 is 39.9 Å². The summed E-state index contributed by atoms with van der Waals surface area (Å²) >= 11 is 1.70. The lowest BCUT2D eigenvalue weighted by molar-refractivity contribution is -0.384. The van der Waals surface area contributed by atoms with Gasteiger partial charge in [0, 0.05) is 31.1 Å². The molecule has 0 aliphatic carbocycles. The van der Waals surface area contributed by atoms with Crippen LogP contribution >= 0.6 is 22.6 Å². The number of carbonyl (C=O) groups is 1. The highest BCUT2D eigenvalue weighted by molar-refractivity contribution is 14.1. The molecule has 1 N–H and O–H groups in total. The third-order valence-electron chi connectivity index (χ3n) is 2.98. The van der Waals surface area contributed by atoms with Gasteiger partial charge in [-0.25, -0.2) is 4.39 Å². The van der Waals surface area contributed by atoms with Crippen molar-refractivity contribution in [1.29, 1.82) is 0 Å². The van der Waals surface area contributed by atoms with Gasteiger partial charge in [-0.3, -0.25) is 14.9 Å². The summed E-state index contributed by atoms with van der Waals surface area (Å²) < 4.78 is 13.7. The molecule has 0 spiro atoms. The highest BCUT2D eigenvalue weighted by atomic mass is 127. The third-order valence-corrected chi connectivity index (χ3v) is 3.80. The molecular weight excluding hydrogens is 370 g/mol. The number of hydrogen-bond acceptors (Lipinski definition) is 4. The Morgan fingerprint density at radius 2 is 2.21 bits per heavy atom. The van der Waals surface area contributed by atoms with Crippen LogP contribution in [0.3, 0.4) is 0 Å². The number of hydrogen-bond donors (Lipinski definition) is 1. The second-order valence-corrected chi connectivity index (χ2v) is 5.54. The summed E-state index contributed by atoms with van der Waals surface area (Å²) in [6.07, 6.45) is 0.0249. The van der Waals surface area contributed by atoms with Crippen molar-refractivity contribution < 1.29 is 19.2 Å². The van der Waals surface area contributed by atoms with E-state index in [-0.39, 0.29) is 27.3 Å². The fraction of sp³-hybridized carbons (Fsp3) is 0.364. The molecule has 8 heteroatoms. The molecule has 0 unspecified atom stereocenters. The maximum atomic E-state index is 13.5. The van der Waals surface area contributed by atoms with E-state index in [4.69, 9.17) is 5.11 Å². The lowest BCUT2D eigenvalue weighted by Gasteiger charge is -2.40. The predicted octanol–water partition coefficient (Wildman–Crippen LogP) is 2.25. The van der Waals surface area contributed by atoms with Gasteiger partial charge in [0.15, 0.2) is 0 Å². The van der Waals surface area contributed by atoms with Gasteiger partial charge in [0.2, 0.25) is 0 Å². The minimum atomic E-state index is -0.895. The molecule has 19 heavy (non-hydrogen) atoms. The molecule has 0 amide bonds. The molecule has 1 saturated heterocycles. The molecule has 1 fully saturated rings. The van der Waals surface area contributed by atoms with E-state index >= 15 is 0 Å². The van der Waals surface area contributed by atoms with Crippen LogP contribution in [0.2, 0.25) is 0 Å². The molecule has 102 valence electrons. The number of carboxylic acids is 1. The fourth-order valence-corrected chi connectivity index (χ4v) is 2.52. The zero-order chi connectivity index (χ0) is 14.2. The number of nitro groups is 1. The number of benzene rings is 1. The van der Waals surface area contributed by atoms with E-state index in [0.717, 1.165) is 6.07 Å². The number of anilines is 1. The lowest BCUT2D eigenvalue weighted by Crippen LogP contribution is -2.47. The second-order valence-electron chi connectivity index (χ2n) is 4.38. The van der Waals surface area contributed by atoms with Crippen molar-refractivity contribution in [2.75, 3.05) is 18.0 Å². The molecule has 0 saturated carbocycles. The number of halogens is 2. The monoisotopic (exact) mass is 380 g/mol. The molecule has 0 aromatic heterocycles. The minimum Gasteiger partial charge on any atom is -0.481 e. The van der Waals surface area contributed by atoms with E-state index < -0.39 is 16.7 Å². The van der Waals surface area contributed by atoms with Gasteiger partial charge in [-0.2, -0.15) is 0 Å². The summed E-state index contributed by atoms with van der Waals surface area (Å²) in [5.74, 6) is -1.45. The Morgan fingerprint density at radius 3 is 2.74 bits per heavy atom. The van der Waals surface area contributed by atoms with Gasteiger partial charge in [0.1, 0.15) is 11.5 Å². The van der Waals surface area contributed by atoms with Crippen LogP contribution in [0, 0.1) is 25.4 Å². The molecule has 0 atom stereocenters. The highest BCUT2D eigenvalue weighted by Gasteiger charge is 2.33. The van der Waals surface area contributed by atoms with Crippen LogP contribution in [0.4, 0.5) is 15.8 Å². The van der Waals surface area contributed by atoms with Gasteiger partial charge in [0.25, 0.3) is 5.69 Å². The van der Waals surface area contributed by atoms with E-state index in [2.05, 4.69) is 0 Å². The lowest BCUT2D eigenvalue weighted by atomic mass is 9.95. The van der Waals surface area contributed by atoms with Crippen molar-refractivity contribution in [3.63, 3.8) is 0 Å². The van der Waals surface area contributed by atoms with Crippen molar-refractivity contribution in [3.8, 4) is 0 Å². The summed E-state index contributed by atoms with van der Waals surface area (Å²) in [6.45, 7) is 0.792. The standard InChI is InChI=1S/C11H10FIN2O4/c12-7-2-9(10(15(18)19)3-8(7)13)14-4-6(5-14)1-11(16)17/h2-3,6H,1,4-5H2,(H,16,17). The second kappa shape index (κ2) is 5.27. The zero-order valence-electron chi connectivity index (χ0n) is 9.68. The normalized spacial score (nSPS) is 15.2. The quantitative estimate of drug-likeness (QED) is 0.492. The number of nitrogens with zero attached hydrogens (tertiary/aromatic N) is 2.